The molecule has 0 heterocycles. The smallest absolute Gasteiger partial charge is 0.0692 e. The van der Waals surface area contributed by atoms with Gasteiger partial charge in [-0.05, 0) is 43.4 Å². The molecule has 0 amide bonds. The number of fused-ring (bicyclic) bond motifs is 1. The predicted molar refractivity (Wildman–Crippen MR) is 80.7 cm³/mol. The minimum absolute atomic E-state index is 0.0341. The Balaban J connectivity index is 1.99. The van der Waals surface area contributed by atoms with Crippen molar-refractivity contribution < 1.29 is 0 Å². The topological polar surface area (TPSA) is 23.8 Å². The number of nitriles is 1. The largest absolute Gasteiger partial charge is 0.198 e. The van der Waals surface area contributed by atoms with Gasteiger partial charge in [0.2, 0.25) is 0 Å². The van der Waals surface area contributed by atoms with E-state index in [1.807, 2.05) is 0 Å². The van der Waals surface area contributed by atoms with Crippen LogP contribution in [0, 0.1) is 34.5 Å². The SMILES string of the molecule is CCCCC[C@@H]1CC[C@@H]2CCCC(C#N)(CC)[C@@H]2C1. The van der Waals surface area contributed by atoms with Crippen LogP contribution in [0.5, 0.6) is 0 Å². The van der Waals surface area contributed by atoms with Gasteiger partial charge in [-0.1, -0.05) is 58.8 Å². The fourth-order valence-corrected chi connectivity index (χ4v) is 4.81. The molecular formula is C18H31N. The summed E-state index contributed by atoms with van der Waals surface area (Å²) in [5, 5.41) is 9.73. The van der Waals surface area contributed by atoms with E-state index in [-0.39, 0.29) is 5.41 Å². The van der Waals surface area contributed by atoms with E-state index in [1.54, 1.807) is 0 Å². The Kier molecular flexibility index (Phi) is 5.31. The summed E-state index contributed by atoms with van der Waals surface area (Å²) in [6.45, 7) is 4.53. The summed E-state index contributed by atoms with van der Waals surface area (Å²) in [6, 6.07) is 2.75. The molecule has 2 aliphatic carbocycles. The molecule has 0 aromatic rings. The highest BCUT2D eigenvalue weighted by Crippen LogP contribution is 2.54. The highest BCUT2D eigenvalue weighted by Gasteiger charge is 2.46. The molecule has 1 unspecified atom stereocenters. The van der Waals surface area contributed by atoms with E-state index in [2.05, 4.69) is 19.9 Å². The molecule has 0 aromatic heterocycles. The van der Waals surface area contributed by atoms with Gasteiger partial charge in [0.25, 0.3) is 0 Å². The third kappa shape index (κ3) is 3.15. The summed E-state index contributed by atoms with van der Waals surface area (Å²) < 4.78 is 0. The second-order valence-electron chi connectivity index (χ2n) is 7.06. The van der Waals surface area contributed by atoms with Crippen molar-refractivity contribution in [3.8, 4) is 6.07 Å². The van der Waals surface area contributed by atoms with Gasteiger partial charge in [-0.15, -0.1) is 0 Å². The first-order valence-corrected chi connectivity index (χ1v) is 8.67. The van der Waals surface area contributed by atoms with E-state index < -0.39 is 0 Å². The first-order valence-electron chi connectivity index (χ1n) is 8.67. The number of rotatable bonds is 5. The summed E-state index contributed by atoms with van der Waals surface area (Å²) >= 11 is 0. The second-order valence-corrected chi connectivity index (χ2v) is 7.06. The van der Waals surface area contributed by atoms with E-state index in [1.165, 1.54) is 64.2 Å². The molecule has 2 aliphatic rings. The standard InChI is InChI=1S/C18H31N/c1-3-5-6-8-15-10-11-16-9-7-12-18(4-2,14-19)17(16)13-15/h15-17H,3-13H2,1-2H3/t15-,16+,17-,18?/m1/s1. The van der Waals surface area contributed by atoms with Crippen molar-refractivity contribution in [2.75, 3.05) is 0 Å². The summed E-state index contributed by atoms with van der Waals surface area (Å²) in [5.41, 5.74) is 0.0341. The molecular weight excluding hydrogens is 230 g/mol. The van der Waals surface area contributed by atoms with Crippen LogP contribution in [0.25, 0.3) is 0 Å². The number of unbranched alkanes of at least 4 members (excludes halogenated alkanes) is 2. The van der Waals surface area contributed by atoms with Gasteiger partial charge in [-0.2, -0.15) is 5.26 Å². The minimum atomic E-state index is 0.0341. The normalized spacial score (nSPS) is 38.5. The van der Waals surface area contributed by atoms with Gasteiger partial charge in [0.05, 0.1) is 11.5 Å². The lowest BCUT2D eigenvalue weighted by molar-refractivity contribution is 0.0259. The first kappa shape index (κ1) is 14.9. The zero-order valence-corrected chi connectivity index (χ0v) is 13.0. The average Bonchev–Trinajstić information content (AvgIpc) is 2.47. The van der Waals surface area contributed by atoms with Crippen LogP contribution in [-0.4, -0.2) is 0 Å². The number of hydrogen-bond acceptors (Lipinski definition) is 1. The zero-order valence-electron chi connectivity index (χ0n) is 13.0. The first-order chi connectivity index (χ1) is 9.25. The molecule has 0 bridgehead atoms. The molecule has 0 saturated heterocycles. The van der Waals surface area contributed by atoms with Gasteiger partial charge in [-0.25, -0.2) is 0 Å². The lowest BCUT2D eigenvalue weighted by Crippen LogP contribution is -2.41. The lowest BCUT2D eigenvalue weighted by atomic mass is 9.55. The Bertz CT molecular complexity index is 314. The van der Waals surface area contributed by atoms with E-state index in [0.29, 0.717) is 0 Å². The van der Waals surface area contributed by atoms with Crippen LogP contribution in [0.15, 0.2) is 0 Å². The van der Waals surface area contributed by atoms with Gasteiger partial charge in [-0.3, -0.25) is 0 Å². The van der Waals surface area contributed by atoms with Crippen molar-refractivity contribution in [2.45, 2.75) is 84.5 Å². The minimum Gasteiger partial charge on any atom is -0.198 e. The fraction of sp³-hybridized carbons (Fsp3) is 0.944. The number of nitrogens with zero attached hydrogens (tertiary/aromatic N) is 1. The summed E-state index contributed by atoms with van der Waals surface area (Å²) in [5.74, 6) is 2.51. The Morgan fingerprint density at radius 1 is 1.16 bits per heavy atom. The highest BCUT2D eigenvalue weighted by molar-refractivity contribution is 5.07. The molecule has 0 aromatic carbocycles. The maximum atomic E-state index is 9.73. The molecule has 4 atom stereocenters. The lowest BCUT2D eigenvalue weighted by Gasteiger charge is -2.48. The van der Waals surface area contributed by atoms with Gasteiger partial charge in [0, 0.05) is 0 Å². The molecule has 0 N–H and O–H groups in total. The van der Waals surface area contributed by atoms with Crippen molar-refractivity contribution in [2.24, 2.45) is 23.2 Å². The molecule has 19 heavy (non-hydrogen) atoms. The quantitative estimate of drug-likeness (QED) is 0.582. The molecule has 1 heteroatoms. The van der Waals surface area contributed by atoms with Crippen LogP contribution in [-0.2, 0) is 0 Å². The summed E-state index contributed by atoms with van der Waals surface area (Å²) in [6.07, 6.45) is 14.7. The Hall–Kier alpha value is -0.510. The van der Waals surface area contributed by atoms with E-state index in [0.717, 1.165) is 24.2 Å². The summed E-state index contributed by atoms with van der Waals surface area (Å²) in [4.78, 5) is 0. The Morgan fingerprint density at radius 3 is 2.68 bits per heavy atom. The molecule has 0 radical (unpaired) electrons. The maximum Gasteiger partial charge on any atom is 0.0692 e. The van der Waals surface area contributed by atoms with Gasteiger partial charge >= 0.3 is 0 Å². The van der Waals surface area contributed by atoms with Crippen LogP contribution in [0.3, 0.4) is 0 Å². The van der Waals surface area contributed by atoms with Gasteiger partial charge in [0.1, 0.15) is 0 Å². The molecule has 0 spiro atoms. The van der Waals surface area contributed by atoms with Crippen LogP contribution in [0.4, 0.5) is 0 Å². The van der Waals surface area contributed by atoms with Crippen molar-refractivity contribution in [3.63, 3.8) is 0 Å². The molecule has 2 saturated carbocycles. The molecule has 2 fully saturated rings. The van der Waals surface area contributed by atoms with Crippen LogP contribution in [0.2, 0.25) is 0 Å². The second kappa shape index (κ2) is 6.78. The average molecular weight is 261 g/mol. The molecule has 1 nitrogen and oxygen atoms in total. The molecule has 2 rings (SSSR count). The van der Waals surface area contributed by atoms with Gasteiger partial charge < -0.3 is 0 Å². The maximum absolute atomic E-state index is 9.73. The van der Waals surface area contributed by atoms with Crippen LogP contribution in [0.1, 0.15) is 84.5 Å². The van der Waals surface area contributed by atoms with Crippen molar-refractivity contribution in [3.05, 3.63) is 0 Å². The van der Waals surface area contributed by atoms with Gasteiger partial charge in [0.15, 0.2) is 0 Å². The number of hydrogen-bond donors (Lipinski definition) is 0. The fourth-order valence-electron chi connectivity index (χ4n) is 4.81. The van der Waals surface area contributed by atoms with Crippen LogP contribution >= 0.6 is 0 Å². The van der Waals surface area contributed by atoms with Crippen molar-refractivity contribution in [1.82, 2.24) is 0 Å². The van der Waals surface area contributed by atoms with Crippen LogP contribution < -0.4 is 0 Å². The molecule has 108 valence electrons. The van der Waals surface area contributed by atoms with E-state index in [4.69, 9.17) is 0 Å². The highest BCUT2D eigenvalue weighted by atomic mass is 14.5. The predicted octanol–water partition coefficient (Wildman–Crippen LogP) is 5.70. The van der Waals surface area contributed by atoms with E-state index >= 15 is 0 Å². The molecule has 0 aliphatic heterocycles. The Labute approximate surface area is 119 Å². The third-order valence-corrected chi connectivity index (χ3v) is 6.08. The van der Waals surface area contributed by atoms with E-state index in [9.17, 15) is 5.26 Å². The Morgan fingerprint density at radius 2 is 2.00 bits per heavy atom. The zero-order chi connectivity index (χ0) is 13.7. The van der Waals surface area contributed by atoms with Crippen molar-refractivity contribution in [1.29, 1.82) is 5.26 Å². The monoisotopic (exact) mass is 261 g/mol. The summed E-state index contributed by atoms with van der Waals surface area (Å²) in [7, 11) is 0. The van der Waals surface area contributed by atoms with Crippen molar-refractivity contribution >= 4 is 0 Å². The third-order valence-electron chi connectivity index (χ3n) is 6.08.